The first-order valence-electron chi connectivity index (χ1n) is 6.34. The van der Waals surface area contributed by atoms with E-state index in [2.05, 4.69) is 4.98 Å². The molecule has 0 radical (unpaired) electrons. The van der Waals surface area contributed by atoms with Crippen molar-refractivity contribution < 1.29 is 9.90 Å². The van der Waals surface area contributed by atoms with E-state index >= 15 is 0 Å². The Hall–Kier alpha value is -1.69. The van der Waals surface area contributed by atoms with E-state index in [1.165, 1.54) is 16.7 Å². The first-order valence-corrected chi connectivity index (χ1v) is 7.22. The number of aromatic nitrogens is 2. The third kappa shape index (κ3) is 2.40. The molecule has 0 fully saturated rings. The molecule has 0 aliphatic carbocycles. The van der Waals surface area contributed by atoms with Crippen molar-refractivity contribution in [1.29, 1.82) is 0 Å². The second-order valence-electron chi connectivity index (χ2n) is 4.37. The summed E-state index contributed by atoms with van der Waals surface area (Å²) in [5.41, 5.74) is -0.167. The van der Waals surface area contributed by atoms with Gasteiger partial charge in [-0.2, -0.15) is 0 Å². The van der Waals surface area contributed by atoms with Gasteiger partial charge in [0.25, 0.3) is 5.56 Å². The topological polar surface area (TPSA) is 72.2 Å². The SMILES string of the molecule is CCCc1nc2scc(C(=O)O)c2c(=O)n1CCC. The van der Waals surface area contributed by atoms with Gasteiger partial charge in [-0.25, -0.2) is 9.78 Å². The Labute approximate surface area is 114 Å². The maximum Gasteiger partial charge on any atom is 0.337 e. The lowest BCUT2D eigenvalue weighted by molar-refractivity contribution is 0.0699. The summed E-state index contributed by atoms with van der Waals surface area (Å²) in [5.74, 6) is -0.322. The summed E-state index contributed by atoms with van der Waals surface area (Å²) in [6.07, 6.45) is 2.45. The van der Waals surface area contributed by atoms with Gasteiger partial charge in [-0.1, -0.05) is 13.8 Å². The summed E-state index contributed by atoms with van der Waals surface area (Å²) in [6, 6.07) is 0. The largest absolute Gasteiger partial charge is 0.478 e. The molecule has 0 aliphatic rings. The summed E-state index contributed by atoms with van der Waals surface area (Å²) in [4.78, 5) is 28.6. The molecule has 0 aromatic carbocycles. The molecular formula is C13H16N2O3S. The number of nitrogens with zero attached hydrogens (tertiary/aromatic N) is 2. The quantitative estimate of drug-likeness (QED) is 0.913. The molecule has 0 spiro atoms. The number of fused-ring (bicyclic) bond motifs is 1. The molecule has 2 heterocycles. The Morgan fingerprint density at radius 2 is 2.16 bits per heavy atom. The Morgan fingerprint density at radius 1 is 1.42 bits per heavy atom. The van der Waals surface area contributed by atoms with Gasteiger partial charge in [0.05, 0.1) is 10.9 Å². The molecule has 2 aromatic rings. The van der Waals surface area contributed by atoms with E-state index in [0.717, 1.165) is 25.1 Å². The molecule has 0 bridgehead atoms. The van der Waals surface area contributed by atoms with Crippen molar-refractivity contribution in [2.75, 3.05) is 0 Å². The van der Waals surface area contributed by atoms with Crippen LogP contribution >= 0.6 is 11.3 Å². The molecule has 19 heavy (non-hydrogen) atoms. The zero-order valence-electron chi connectivity index (χ0n) is 11.0. The standard InChI is InChI=1S/C13H16N2O3S/c1-3-5-9-14-11-10(8(7-19-11)13(17)18)12(16)15(9)6-4-2/h7H,3-6H2,1-2H3,(H,17,18). The van der Waals surface area contributed by atoms with Crippen LogP contribution < -0.4 is 5.56 Å². The first-order chi connectivity index (χ1) is 9.10. The van der Waals surface area contributed by atoms with Crippen LogP contribution in [0.3, 0.4) is 0 Å². The highest BCUT2D eigenvalue weighted by molar-refractivity contribution is 7.17. The van der Waals surface area contributed by atoms with Crippen LogP contribution in [0.2, 0.25) is 0 Å². The first kappa shape index (κ1) is 13.7. The monoisotopic (exact) mass is 280 g/mol. The van der Waals surface area contributed by atoms with Gasteiger partial charge in [0.2, 0.25) is 0 Å². The van der Waals surface area contributed by atoms with Crippen LogP contribution in [-0.4, -0.2) is 20.6 Å². The lowest BCUT2D eigenvalue weighted by Crippen LogP contribution is -2.25. The maximum absolute atomic E-state index is 12.5. The van der Waals surface area contributed by atoms with E-state index in [9.17, 15) is 9.59 Å². The highest BCUT2D eigenvalue weighted by Gasteiger charge is 2.18. The predicted molar refractivity (Wildman–Crippen MR) is 75.1 cm³/mol. The van der Waals surface area contributed by atoms with Gasteiger partial charge < -0.3 is 5.11 Å². The van der Waals surface area contributed by atoms with Crippen molar-refractivity contribution in [2.24, 2.45) is 0 Å². The predicted octanol–water partition coefficient (Wildman–Crippen LogP) is 2.52. The van der Waals surface area contributed by atoms with Gasteiger partial charge in [0, 0.05) is 18.3 Å². The minimum absolute atomic E-state index is 0.0606. The van der Waals surface area contributed by atoms with Crippen LogP contribution in [0.15, 0.2) is 10.2 Å². The summed E-state index contributed by atoms with van der Waals surface area (Å²) in [7, 11) is 0. The number of carboxylic acid groups (broad SMARTS) is 1. The smallest absolute Gasteiger partial charge is 0.337 e. The van der Waals surface area contributed by atoms with Crippen molar-refractivity contribution >= 4 is 27.5 Å². The molecule has 5 nitrogen and oxygen atoms in total. The van der Waals surface area contributed by atoms with Crippen LogP contribution in [0, 0.1) is 0 Å². The molecule has 0 saturated heterocycles. The molecule has 0 aliphatic heterocycles. The van der Waals surface area contributed by atoms with Gasteiger partial charge in [0.15, 0.2) is 0 Å². The Bertz CT molecular complexity index is 672. The van der Waals surface area contributed by atoms with Gasteiger partial charge in [-0.3, -0.25) is 9.36 Å². The van der Waals surface area contributed by atoms with Crippen molar-refractivity contribution in [3.05, 3.63) is 27.1 Å². The fraction of sp³-hybridized carbons (Fsp3) is 0.462. The molecule has 102 valence electrons. The Balaban J connectivity index is 2.76. The third-order valence-electron chi connectivity index (χ3n) is 2.92. The fourth-order valence-electron chi connectivity index (χ4n) is 2.09. The molecule has 6 heteroatoms. The Kier molecular flexibility index (Phi) is 3.99. The van der Waals surface area contributed by atoms with Gasteiger partial charge >= 0.3 is 5.97 Å². The van der Waals surface area contributed by atoms with E-state index in [4.69, 9.17) is 5.11 Å². The average molecular weight is 280 g/mol. The molecule has 0 amide bonds. The number of carboxylic acids is 1. The highest BCUT2D eigenvalue weighted by atomic mass is 32.1. The number of aryl methyl sites for hydroxylation is 1. The van der Waals surface area contributed by atoms with Crippen LogP contribution in [0.1, 0.15) is 42.9 Å². The molecule has 0 unspecified atom stereocenters. The summed E-state index contributed by atoms with van der Waals surface area (Å²) in [5, 5.41) is 10.9. The number of thiophene rings is 1. The zero-order chi connectivity index (χ0) is 14.0. The van der Waals surface area contributed by atoms with Crippen LogP contribution in [0.25, 0.3) is 10.2 Å². The van der Waals surface area contributed by atoms with Crippen molar-refractivity contribution in [2.45, 2.75) is 39.7 Å². The number of aromatic carboxylic acids is 1. The summed E-state index contributed by atoms with van der Waals surface area (Å²) >= 11 is 1.22. The second-order valence-corrected chi connectivity index (χ2v) is 5.23. The number of rotatable bonds is 5. The Morgan fingerprint density at radius 3 is 2.74 bits per heavy atom. The van der Waals surface area contributed by atoms with Crippen molar-refractivity contribution in [3.63, 3.8) is 0 Å². The fourth-order valence-corrected chi connectivity index (χ4v) is 3.01. The number of carbonyl (C=O) groups is 1. The average Bonchev–Trinajstić information content (AvgIpc) is 2.78. The lowest BCUT2D eigenvalue weighted by Gasteiger charge is -2.10. The minimum Gasteiger partial charge on any atom is -0.478 e. The van der Waals surface area contributed by atoms with Crippen LogP contribution in [0.4, 0.5) is 0 Å². The second kappa shape index (κ2) is 5.52. The van der Waals surface area contributed by atoms with E-state index in [1.807, 2.05) is 13.8 Å². The lowest BCUT2D eigenvalue weighted by atomic mass is 10.2. The summed E-state index contributed by atoms with van der Waals surface area (Å²) < 4.78 is 1.62. The minimum atomic E-state index is -1.07. The van der Waals surface area contributed by atoms with E-state index in [1.54, 1.807) is 4.57 Å². The molecule has 2 aromatic heterocycles. The van der Waals surface area contributed by atoms with E-state index in [-0.39, 0.29) is 16.5 Å². The van der Waals surface area contributed by atoms with E-state index < -0.39 is 5.97 Å². The van der Waals surface area contributed by atoms with Gasteiger partial charge in [0.1, 0.15) is 10.7 Å². The van der Waals surface area contributed by atoms with Crippen molar-refractivity contribution in [1.82, 2.24) is 9.55 Å². The van der Waals surface area contributed by atoms with Crippen molar-refractivity contribution in [3.8, 4) is 0 Å². The molecule has 1 N–H and O–H groups in total. The normalized spacial score (nSPS) is 11.1. The van der Waals surface area contributed by atoms with Crippen LogP contribution in [0.5, 0.6) is 0 Å². The molecule has 0 saturated carbocycles. The third-order valence-corrected chi connectivity index (χ3v) is 3.80. The number of hydrogen-bond donors (Lipinski definition) is 1. The van der Waals surface area contributed by atoms with Crippen LogP contribution in [-0.2, 0) is 13.0 Å². The molecular weight excluding hydrogens is 264 g/mol. The molecule has 0 atom stereocenters. The molecule has 2 rings (SSSR count). The maximum atomic E-state index is 12.5. The summed E-state index contributed by atoms with van der Waals surface area (Å²) in [6.45, 7) is 4.59. The highest BCUT2D eigenvalue weighted by Crippen LogP contribution is 2.22. The number of hydrogen-bond acceptors (Lipinski definition) is 4. The van der Waals surface area contributed by atoms with Gasteiger partial charge in [-0.05, 0) is 12.8 Å². The van der Waals surface area contributed by atoms with Gasteiger partial charge in [-0.15, -0.1) is 11.3 Å². The van der Waals surface area contributed by atoms with E-state index in [0.29, 0.717) is 11.4 Å². The zero-order valence-corrected chi connectivity index (χ0v) is 11.8.